The Kier molecular flexibility index (Phi) is 5.67. The molecule has 22 heavy (non-hydrogen) atoms. The molecule has 3 nitrogen and oxygen atoms in total. The van der Waals surface area contributed by atoms with E-state index in [0.717, 1.165) is 21.9 Å². The molecule has 2 aromatic rings. The molecule has 0 fully saturated rings. The molecule has 4 heteroatoms. The molecule has 0 aliphatic carbocycles. The van der Waals surface area contributed by atoms with Crippen molar-refractivity contribution >= 4 is 23.4 Å². The van der Waals surface area contributed by atoms with Crippen molar-refractivity contribution in [3.63, 3.8) is 0 Å². The van der Waals surface area contributed by atoms with Crippen LogP contribution in [0.25, 0.3) is 0 Å². The summed E-state index contributed by atoms with van der Waals surface area (Å²) in [6, 6.07) is 13.2. The minimum Gasteiger partial charge on any atom is -0.496 e. The lowest BCUT2D eigenvalue weighted by Gasteiger charge is -2.11. The van der Waals surface area contributed by atoms with Gasteiger partial charge in [-0.15, -0.1) is 18.3 Å². The highest BCUT2D eigenvalue weighted by Gasteiger charge is 2.11. The quantitative estimate of drug-likeness (QED) is 0.634. The Hall–Kier alpha value is -2.20. The van der Waals surface area contributed by atoms with E-state index in [4.69, 9.17) is 4.74 Å². The molecule has 0 aromatic heterocycles. The molecule has 0 radical (unpaired) electrons. The number of hydrogen-bond donors (Lipinski definition) is 1. The zero-order valence-electron chi connectivity index (χ0n) is 12.8. The third kappa shape index (κ3) is 3.71. The molecular formula is C18H19NO2S. The van der Waals surface area contributed by atoms with Crippen LogP contribution in [-0.4, -0.2) is 19.3 Å². The van der Waals surface area contributed by atoms with E-state index < -0.39 is 0 Å². The number of carbonyl (C=O) groups excluding carboxylic acids is 1. The fourth-order valence-electron chi connectivity index (χ4n) is 2.18. The lowest BCUT2D eigenvalue weighted by Crippen LogP contribution is -2.13. The largest absolute Gasteiger partial charge is 0.496 e. The van der Waals surface area contributed by atoms with Gasteiger partial charge in [0.2, 0.25) is 0 Å². The summed E-state index contributed by atoms with van der Waals surface area (Å²) in [5.74, 6) is 0.635. The molecule has 2 rings (SSSR count). The number of thioether (sulfide) groups is 1. The molecule has 0 unspecified atom stereocenters. The first kappa shape index (κ1) is 16.2. The van der Waals surface area contributed by atoms with Crippen LogP contribution in [0.4, 0.5) is 5.69 Å². The van der Waals surface area contributed by atoms with Crippen molar-refractivity contribution in [1.29, 1.82) is 0 Å². The maximum atomic E-state index is 12.5. The zero-order chi connectivity index (χ0) is 15.9. The summed E-state index contributed by atoms with van der Waals surface area (Å²) in [6.07, 6.45) is 4.44. The highest BCUT2D eigenvalue weighted by atomic mass is 32.2. The van der Waals surface area contributed by atoms with Gasteiger partial charge in [-0.1, -0.05) is 18.2 Å². The summed E-state index contributed by atoms with van der Waals surface area (Å²) in [6.45, 7) is 3.74. The van der Waals surface area contributed by atoms with Crippen LogP contribution in [0, 0.1) is 0 Å². The van der Waals surface area contributed by atoms with E-state index >= 15 is 0 Å². The molecule has 0 heterocycles. The number of ether oxygens (including phenoxy) is 1. The first-order valence-electron chi connectivity index (χ1n) is 6.91. The molecule has 0 saturated carbocycles. The van der Waals surface area contributed by atoms with E-state index in [-0.39, 0.29) is 5.91 Å². The second-order valence-corrected chi connectivity index (χ2v) is 5.52. The number of amides is 1. The van der Waals surface area contributed by atoms with E-state index in [1.165, 1.54) is 0 Å². The van der Waals surface area contributed by atoms with Gasteiger partial charge in [-0.05, 0) is 48.6 Å². The Morgan fingerprint density at radius 1 is 1.32 bits per heavy atom. The van der Waals surface area contributed by atoms with Crippen LogP contribution in [0.15, 0.2) is 60.0 Å². The average molecular weight is 313 g/mol. The van der Waals surface area contributed by atoms with Gasteiger partial charge in [-0.25, -0.2) is 0 Å². The SMILES string of the molecule is C=CCc1cc(C(=O)Nc2ccccc2SC)ccc1OC. The highest BCUT2D eigenvalue weighted by Crippen LogP contribution is 2.26. The van der Waals surface area contributed by atoms with Gasteiger partial charge in [0, 0.05) is 10.5 Å². The topological polar surface area (TPSA) is 38.3 Å². The molecule has 1 amide bonds. The summed E-state index contributed by atoms with van der Waals surface area (Å²) in [7, 11) is 1.62. The fraction of sp³-hybridized carbons (Fsp3) is 0.167. The molecule has 0 aliphatic heterocycles. The van der Waals surface area contributed by atoms with E-state index in [9.17, 15) is 4.79 Å². The second kappa shape index (κ2) is 7.71. The summed E-state index contributed by atoms with van der Waals surface area (Å²) < 4.78 is 5.30. The molecule has 0 spiro atoms. The number of anilines is 1. The second-order valence-electron chi connectivity index (χ2n) is 4.67. The van der Waals surface area contributed by atoms with Crippen LogP contribution in [0.1, 0.15) is 15.9 Å². The number of para-hydroxylation sites is 1. The molecule has 0 aliphatic rings. The van der Waals surface area contributed by atoms with Gasteiger partial charge < -0.3 is 10.1 Å². The van der Waals surface area contributed by atoms with Crippen LogP contribution in [-0.2, 0) is 6.42 Å². The molecule has 1 N–H and O–H groups in total. The normalized spacial score (nSPS) is 10.1. The van der Waals surface area contributed by atoms with Crippen LogP contribution in [0.3, 0.4) is 0 Å². The van der Waals surface area contributed by atoms with Gasteiger partial charge >= 0.3 is 0 Å². The van der Waals surface area contributed by atoms with E-state index in [1.54, 1.807) is 31.0 Å². The first-order chi connectivity index (χ1) is 10.7. The predicted octanol–water partition coefficient (Wildman–Crippen LogP) is 4.40. The summed E-state index contributed by atoms with van der Waals surface area (Å²) in [5, 5.41) is 2.96. The molecule has 114 valence electrons. The number of nitrogens with one attached hydrogen (secondary N) is 1. The van der Waals surface area contributed by atoms with Gasteiger partial charge in [0.15, 0.2) is 0 Å². The summed E-state index contributed by atoms with van der Waals surface area (Å²) in [4.78, 5) is 13.5. The van der Waals surface area contributed by atoms with Crippen molar-refractivity contribution in [2.24, 2.45) is 0 Å². The van der Waals surface area contributed by atoms with Gasteiger partial charge in [0.25, 0.3) is 5.91 Å². The Labute approximate surface area is 135 Å². The molecular weight excluding hydrogens is 294 g/mol. The number of carbonyl (C=O) groups is 1. The van der Waals surface area contributed by atoms with Crippen LogP contribution in [0.2, 0.25) is 0 Å². The predicted molar refractivity (Wildman–Crippen MR) is 93.1 cm³/mol. The van der Waals surface area contributed by atoms with Gasteiger partial charge in [-0.3, -0.25) is 4.79 Å². The van der Waals surface area contributed by atoms with Crippen LogP contribution < -0.4 is 10.1 Å². The standard InChI is InChI=1S/C18H19NO2S/c1-4-7-13-12-14(10-11-16(13)21-2)18(20)19-15-8-5-6-9-17(15)22-3/h4-6,8-12H,1,7H2,2-3H3,(H,19,20). The van der Waals surface area contributed by atoms with Gasteiger partial charge in [0.1, 0.15) is 5.75 Å². The Morgan fingerprint density at radius 3 is 2.77 bits per heavy atom. The third-order valence-corrected chi connectivity index (χ3v) is 4.06. The first-order valence-corrected chi connectivity index (χ1v) is 8.14. The van der Waals surface area contributed by atoms with Crippen molar-refractivity contribution < 1.29 is 9.53 Å². The van der Waals surface area contributed by atoms with E-state index in [1.807, 2.05) is 42.7 Å². The van der Waals surface area contributed by atoms with Crippen molar-refractivity contribution in [1.82, 2.24) is 0 Å². The van der Waals surface area contributed by atoms with E-state index in [2.05, 4.69) is 11.9 Å². The van der Waals surface area contributed by atoms with Crippen molar-refractivity contribution in [3.05, 3.63) is 66.2 Å². The summed E-state index contributed by atoms with van der Waals surface area (Å²) in [5.41, 5.74) is 2.37. The van der Waals surface area contributed by atoms with Crippen molar-refractivity contribution in [2.75, 3.05) is 18.7 Å². The smallest absolute Gasteiger partial charge is 0.255 e. The minimum atomic E-state index is -0.130. The highest BCUT2D eigenvalue weighted by molar-refractivity contribution is 7.98. The minimum absolute atomic E-state index is 0.130. The van der Waals surface area contributed by atoms with Gasteiger partial charge in [0.05, 0.1) is 12.8 Å². The maximum Gasteiger partial charge on any atom is 0.255 e. The zero-order valence-corrected chi connectivity index (χ0v) is 13.6. The Balaban J connectivity index is 2.26. The molecule has 0 atom stereocenters. The lowest BCUT2D eigenvalue weighted by molar-refractivity contribution is 0.102. The fourth-order valence-corrected chi connectivity index (χ4v) is 2.73. The van der Waals surface area contributed by atoms with E-state index in [0.29, 0.717) is 12.0 Å². The number of methoxy groups -OCH3 is 1. The molecule has 2 aromatic carbocycles. The number of allylic oxidation sites excluding steroid dienone is 1. The van der Waals surface area contributed by atoms with Crippen molar-refractivity contribution in [2.45, 2.75) is 11.3 Å². The third-order valence-electron chi connectivity index (χ3n) is 3.26. The maximum absolute atomic E-state index is 12.5. The number of rotatable bonds is 6. The Bertz CT molecular complexity index is 683. The van der Waals surface area contributed by atoms with Gasteiger partial charge in [-0.2, -0.15) is 0 Å². The van der Waals surface area contributed by atoms with Crippen LogP contribution in [0.5, 0.6) is 5.75 Å². The average Bonchev–Trinajstić information content (AvgIpc) is 2.55. The van der Waals surface area contributed by atoms with Crippen molar-refractivity contribution in [3.8, 4) is 5.75 Å². The molecule has 0 saturated heterocycles. The van der Waals surface area contributed by atoms with Crippen LogP contribution >= 0.6 is 11.8 Å². The monoisotopic (exact) mass is 313 g/mol. The Morgan fingerprint density at radius 2 is 2.09 bits per heavy atom. The number of hydrogen-bond acceptors (Lipinski definition) is 3. The summed E-state index contributed by atoms with van der Waals surface area (Å²) >= 11 is 1.60. The lowest BCUT2D eigenvalue weighted by atomic mass is 10.1. The number of benzene rings is 2. The molecule has 0 bridgehead atoms.